The van der Waals surface area contributed by atoms with Crippen LogP contribution in [0.3, 0.4) is 0 Å². The Morgan fingerprint density at radius 2 is 2.08 bits per heavy atom. The average molecular weight is 356 g/mol. The van der Waals surface area contributed by atoms with E-state index in [0.717, 1.165) is 22.8 Å². The van der Waals surface area contributed by atoms with Crippen LogP contribution in [-0.2, 0) is 6.54 Å². The number of aromatic nitrogens is 2. The molecule has 0 aliphatic carbocycles. The number of benzene rings is 1. The Labute approximate surface area is 150 Å². The molecule has 26 heavy (non-hydrogen) atoms. The monoisotopic (exact) mass is 356 g/mol. The minimum Gasteiger partial charge on any atom is -0.460 e. The molecule has 0 aliphatic rings. The molecule has 2 aromatic heterocycles. The number of hydrogen-bond donors (Lipinski definition) is 3. The number of carbonyl (C=O) groups is 1. The maximum atomic E-state index is 13.5. The van der Waals surface area contributed by atoms with Crippen molar-refractivity contribution in [3.05, 3.63) is 64.8 Å². The fraction of sp³-hybridized carbons (Fsp3) is 0.263. The summed E-state index contributed by atoms with van der Waals surface area (Å²) in [5.74, 6) is 0.910. The summed E-state index contributed by atoms with van der Waals surface area (Å²) in [4.78, 5) is 12.0. The molecule has 1 aromatic carbocycles. The molecule has 2 heterocycles. The van der Waals surface area contributed by atoms with Gasteiger partial charge in [-0.05, 0) is 43.7 Å². The summed E-state index contributed by atoms with van der Waals surface area (Å²) in [5.41, 5.74) is 2.65. The fourth-order valence-electron chi connectivity index (χ4n) is 2.55. The molecular weight excluding hydrogens is 335 g/mol. The number of hydrogen-bond acceptors (Lipinski definition) is 4. The Morgan fingerprint density at radius 3 is 2.81 bits per heavy atom. The third-order valence-electron chi connectivity index (χ3n) is 4.04. The number of furan rings is 1. The van der Waals surface area contributed by atoms with Gasteiger partial charge in [-0.1, -0.05) is 6.07 Å². The maximum Gasteiger partial charge on any atom is 0.251 e. The number of nitrogens with zero attached hydrogens (tertiary/aromatic N) is 1. The van der Waals surface area contributed by atoms with Crippen molar-refractivity contribution in [1.29, 1.82) is 0 Å². The number of carbonyl (C=O) groups excluding carboxylic acids is 1. The topological polar surface area (TPSA) is 83.0 Å². The lowest BCUT2D eigenvalue weighted by Crippen LogP contribution is -2.31. The van der Waals surface area contributed by atoms with Crippen LogP contribution in [0.25, 0.3) is 11.5 Å². The molecule has 0 aliphatic heterocycles. The fourth-order valence-corrected chi connectivity index (χ4v) is 2.55. The summed E-state index contributed by atoms with van der Waals surface area (Å²) < 4.78 is 19.1. The predicted octanol–water partition coefficient (Wildman–Crippen LogP) is 2.95. The van der Waals surface area contributed by atoms with E-state index in [1.54, 1.807) is 25.3 Å². The Morgan fingerprint density at radius 1 is 1.23 bits per heavy atom. The highest BCUT2D eigenvalue weighted by Crippen LogP contribution is 2.23. The zero-order valence-corrected chi connectivity index (χ0v) is 14.7. The Bertz CT molecular complexity index is 901. The largest absolute Gasteiger partial charge is 0.460 e. The number of nitrogens with one attached hydrogen (secondary N) is 3. The second-order valence-corrected chi connectivity index (χ2v) is 6.08. The van der Waals surface area contributed by atoms with Gasteiger partial charge in [0.25, 0.3) is 5.91 Å². The van der Waals surface area contributed by atoms with Gasteiger partial charge in [-0.2, -0.15) is 5.10 Å². The molecule has 3 N–H and O–H groups in total. The first-order valence-electron chi connectivity index (χ1n) is 8.38. The second kappa shape index (κ2) is 7.97. The molecule has 0 bridgehead atoms. The van der Waals surface area contributed by atoms with E-state index < -0.39 is 0 Å². The number of amides is 1. The summed E-state index contributed by atoms with van der Waals surface area (Å²) in [6.45, 7) is 5.14. The summed E-state index contributed by atoms with van der Waals surface area (Å²) in [6.07, 6.45) is 1.74. The van der Waals surface area contributed by atoms with Crippen LogP contribution in [0.1, 0.15) is 27.2 Å². The van der Waals surface area contributed by atoms with E-state index in [1.807, 2.05) is 19.1 Å². The minimum atomic E-state index is -0.378. The molecule has 0 fully saturated rings. The average Bonchev–Trinajstić information content (AvgIpc) is 3.25. The highest BCUT2D eigenvalue weighted by molar-refractivity contribution is 5.94. The van der Waals surface area contributed by atoms with Gasteiger partial charge in [0.2, 0.25) is 0 Å². The zero-order chi connectivity index (χ0) is 18.5. The first-order valence-corrected chi connectivity index (χ1v) is 8.38. The summed E-state index contributed by atoms with van der Waals surface area (Å²) in [6, 6.07) is 8.26. The van der Waals surface area contributed by atoms with Gasteiger partial charge in [0.05, 0.1) is 6.20 Å². The summed E-state index contributed by atoms with van der Waals surface area (Å²) >= 11 is 0. The maximum absolute atomic E-state index is 13.5. The van der Waals surface area contributed by atoms with E-state index in [0.29, 0.717) is 30.8 Å². The van der Waals surface area contributed by atoms with Gasteiger partial charge < -0.3 is 15.1 Å². The molecule has 0 spiro atoms. The van der Waals surface area contributed by atoms with Gasteiger partial charge in [0, 0.05) is 30.8 Å². The van der Waals surface area contributed by atoms with Crippen molar-refractivity contribution in [1.82, 2.24) is 20.8 Å². The van der Waals surface area contributed by atoms with Crippen molar-refractivity contribution < 1.29 is 13.6 Å². The van der Waals surface area contributed by atoms with Crippen LogP contribution in [0.5, 0.6) is 0 Å². The first-order chi connectivity index (χ1) is 12.5. The molecule has 6 nitrogen and oxygen atoms in total. The zero-order valence-electron chi connectivity index (χ0n) is 14.7. The Hall–Kier alpha value is -2.93. The molecule has 1 amide bonds. The molecule has 3 aromatic rings. The van der Waals surface area contributed by atoms with Crippen LogP contribution in [-0.4, -0.2) is 29.2 Å². The molecular formula is C19H21FN4O2. The van der Waals surface area contributed by atoms with Gasteiger partial charge in [-0.3, -0.25) is 9.89 Å². The van der Waals surface area contributed by atoms with Gasteiger partial charge in [0.1, 0.15) is 17.3 Å². The predicted molar refractivity (Wildman–Crippen MR) is 96.2 cm³/mol. The van der Waals surface area contributed by atoms with Crippen molar-refractivity contribution in [2.45, 2.75) is 20.4 Å². The van der Waals surface area contributed by atoms with Crippen LogP contribution in [0.2, 0.25) is 0 Å². The van der Waals surface area contributed by atoms with Crippen molar-refractivity contribution in [3.8, 4) is 11.5 Å². The molecule has 136 valence electrons. The highest BCUT2D eigenvalue weighted by atomic mass is 19.1. The van der Waals surface area contributed by atoms with Crippen molar-refractivity contribution in [3.63, 3.8) is 0 Å². The lowest BCUT2D eigenvalue weighted by Gasteiger charge is -2.07. The molecule has 0 saturated heterocycles. The standard InChI is InChI=1S/C19H21FN4O2/c1-12-3-5-14(9-16(12)20)19(25)22-8-7-21-10-15-11-23-24-18(15)17-6-4-13(2)26-17/h3-6,9,11,21H,7-8,10H2,1-2H3,(H,22,25)(H,23,24). The van der Waals surface area contributed by atoms with Crippen LogP contribution >= 0.6 is 0 Å². The lowest BCUT2D eigenvalue weighted by molar-refractivity contribution is 0.0953. The van der Waals surface area contributed by atoms with Crippen LogP contribution in [0.15, 0.2) is 40.9 Å². The number of aryl methyl sites for hydroxylation is 2. The molecule has 0 atom stereocenters. The minimum absolute atomic E-state index is 0.291. The second-order valence-electron chi connectivity index (χ2n) is 6.08. The van der Waals surface area contributed by atoms with Gasteiger partial charge in [-0.15, -0.1) is 0 Å². The van der Waals surface area contributed by atoms with Gasteiger partial charge in [0.15, 0.2) is 5.76 Å². The van der Waals surface area contributed by atoms with E-state index in [2.05, 4.69) is 20.8 Å². The number of rotatable bonds is 7. The van der Waals surface area contributed by atoms with Crippen molar-refractivity contribution >= 4 is 5.91 Å². The van der Waals surface area contributed by atoms with Gasteiger partial charge in [-0.25, -0.2) is 4.39 Å². The number of halogens is 1. The van der Waals surface area contributed by atoms with Gasteiger partial charge >= 0.3 is 0 Å². The normalized spacial score (nSPS) is 10.9. The highest BCUT2D eigenvalue weighted by Gasteiger charge is 2.11. The van der Waals surface area contributed by atoms with E-state index in [4.69, 9.17) is 4.42 Å². The Kier molecular flexibility index (Phi) is 5.48. The molecule has 0 radical (unpaired) electrons. The summed E-state index contributed by atoms with van der Waals surface area (Å²) in [7, 11) is 0. The van der Waals surface area contributed by atoms with E-state index in [9.17, 15) is 9.18 Å². The van der Waals surface area contributed by atoms with Crippen molar-refractivity contribution in [2.75, 3.05) is 13.1 Å². The third kappa shape index (κ3) is 4.18. The van der Waals surface area contributed by atoms with Crippen LogP contribution in [0.4, 0.5) is 4.39 Å². The Balaban J connectivity index is 1.46. The van der Waals surface area contributed by atoms with Crippen LogP contribution < -0.4 is 10.6 Å². The third-order valence-corrected chi connectivity index (χ3v) is 4.04. The SMILES string of the molecule is Cc1ccc(-c2[nH]ncc2CNCCNC(=O)c2ccc(C)c(F)c2)o1. The van der Waals surface area contributed by atoms with Crippen molar-refractivity contribution in [2.24, 2.45) is 0 Å². The molecule has 0 saturated carbocycles. The lowest BCUT2D eigenvalue weighted by atomic mass is 10.1. The molecule has 3 rings (SSSR count). The van der Waals surface area contributed by atoms with E-state index >= 15 is 0 Å². The van der Waals surface area contributed by atoms with Crippen LogP contribution in [0, 0.1) is 19.7 Å². The van der Waals surface area contributed by atoms with E-state index in [1.165, 1.54) is 6.07 Å². The molecule has 7 heteroatoms. The number of H-pyrrole nitrogens is 1. The summed E-state index contributed by atoms with van der Waals surface area (Å²) in [5, 5.41) is 13.0. The molecule has 0 unspecified atom stereocenters. The first kappa shape index (κ1) is 17.9. The smallest absolute Gasteiger partial charge is 0.251 e. The number of aromatic amines is 1. The van der Waals surface area contributed by atoms with E-state index in [-0.39, 0.29) is 11.7 Å². The quantitative estimate of drug-likeness (QED) is 0.569.